The highest BCUT2D eigenvalue weighted by Gasteiger charge is 2.30. The van der Waals surface area contributed by atoms with Crippen LogP contribution >= 0.6 is 0 Å². The van der Waals surface area contributed by atoms with Crippen molar-refractivity contribution in [1.29, 1.82) is 5.41 Å². The number of nitrogens with zero attached hydrogens (tertiary/aromatic N) is 2. The van der Waals surface area contributed by atoms with Crippen LogP contribution in [0.25, 0.3) is 16.6 Å². The van der Waals surface area contributed by atoms with Gasteiger partial charge in [0.2, 0.25) is 0 Å². The number of aromatic amines is 1. The highest BCUT2D eigenvalue weighted by molar-refractivity contribution is 6.23. The predicted molar refractivity (Wildman–Crippen MR) is 120 cm³/mol. The maximum absolute atomic E-state index is 12.0. The number of esters is 1. The van der Waals surface area contributed by atoms with E-state index in [4.69, 9.17) is 10.1 Å². The van der Waals surface area contributed by atoms with E-state index in [0.717, 1.165) is 27.7 Å². The molecule has 0 amide bonds. The molecule has 1 aliphatic rings. The van der Waals surface area contributed by atoms with Gasteiger partial charge in [-0.1, -0.05) is 12.1 Å². The Morgan fingerprint density at radius 1 is 1.23 bits per heavy atom. The second kappa shape index (κ2) is 7.91. The summed E-state index contributed by atoms with van der Waals surface area (Å²) in [5, 5.41) is 19.2. The van der Waals surface area contributed by atoms with Crippen LogP contribution < -0.4 is 0 Å². The fraction of sp³-hybridized carbons (Fsp3) is 0.292. The largest absolute Gasteiger partial charge is 0.510 e. The number of nitrogens with one attached hydrogen (secondary N) is 2. The van der Waals surface area contributed by atoms with Gasteiger partial charge in [-0.15, -0.1) is 0 Å². The number of benzene rings is 2. The molecule has 2 heterocycles. The van der Waals surface area contributed by atoms with Gasteiger partial charge in [0.15, 0.2) is 0 Å². The first-order valence-corrected chi connectivity index (χ1v) is 10.3. The van der Waals surface area contributed by atoms with Gasteiger partial charge >= 0.3 is 5.97 Å². The minimum atomic E-state index is -0.354. The molecule has 0 atom stereocenters. The van der Waals surface area contributed by atoms with Crippen molar-refractivity contribution < 1.29 is 14.6 Å². The molecule has 0 saturated carbocycles. The molecule has 2 aromatic carbocycles. The number of amidine groups is 1. The van der Waals surface area contributed by atoms with E-state index >= 15 is 0 Å². The molecule has 1 aliphatic heterocycles. The highest BCUT2D eigenvalue weighted by atomic mass is 16.5. The highest BCUT2D eigenvalue weighted by Crippen LogP contribution is 2.29. The lowest BCUT2D eigenvalue weighted by Crippen LogP contribution is -2.26. The van der Waals surface area contributed by atoms with Gasteiger partial charge in [-0.2, -0.15) is 0 Å². The van der Waals surface area contributed by atoms with Crippen LogP contribution in [0.1, 0.15) is 46.7 Å². The summed E-state index contributed by atoms with van der Waals surface area (Å²) < 4.78 is 5.21. The van der Waals surface area contributed by atoms with E-state index in [9.17, 15) is 9.90 Å². The van der Waals surface area contributed by atoms with Crippen LogP contribution in [-0.2, 0) is 11.3 Å². The number of fused-ring (bicyclic) bond motifs is 1. The summed E-state index contributed by atoms with van der Waals surface area (Å²) in [5.74, 6) is 0.479. The van der Waals surface area contributed by atoms with Gasteiger partial charge in [0.25, 0.3) is 0 Å². The Balaban J connectivity index is 1.51. The molecule has 0 fully saturated rings. The van der Waals surface area contributed by atoms with Crippen molar-refractivity contribution in [1.82, 2.24) is 14.9 Å². The van der Waals surface area contributed by atoms with Crippen molar-refractivity contribution >= 4 is 28.4 Å². The Kier molecular flexibility index (Phi) is 5.27. The van der Waals surface area contributed by atoms with Crippen LogP contribution in [0.5, 0.6) is 0 Å². The number of imidazole rings is 1. The Hall–Kier alpha value is -3.61. The van der Waals surface area contributed by atoms with Gasteiger partial charge in [0, 0.05) is 6.54 Å². The minimum absolute atomic E-state index is 0.120. The Bertz CT molecular complexity index is 1170. The number of aliphatic hydroxyl groups excluding tert-OH is 1. The van der Waals surface area contributed by atoms with Crippen molar-refractivity contribution in [3.8, 4) is 0 Å². The zero-order valence-electron chi connectivity index (χ0n) is 18.1. The number of carbonyl (C=O) groups is 1. The molecule has 0 unspecified atom stereocenters. The molecular formula is C24H26N4O3. The number of ether oxygens (including phenoxy) is 1. The lowest BCUT2D eigenvalue weighted by Gasteiger charge is -2.18. The first kappa shape index (κ1) is 20.7. The maximum atomic E-state index is 12.0. The van der Waals surface area contributed by atoms with Crippen molar-refractivity contribution in [2.75, 3.05) is 6.54 Å². The van der Waals surface area contributed by atoms with Crippen LogP contribution in [0, 0.1) is 19.3 Å². The number of aryl methyl sites for hydroxylation is 2. The van der Waals surface area contributed by atoms with E-state index in [-0.39, 0.29) is 30.2 Å². The third kappa shape index (κ3) is 4.03. The first-order chi connectivity index (χ1) is 14.7. The second-order valence-electron chi connectivity index (χ2n) is 8.22. The molecule has 0 bridgehead atoms. The van der Waals surface area contributed by atoms with Gasteiger partial charge in [0.05, 0.1) is 34.8 Å². The number of hydrogen-bond donors (Lipinski definition) is 3. The zero-order chi connectivity index (χ0) is 22.3. The average Bonchev–Trinajstić information content (AvgIpc) is 3.21. The normalized spacial score (nSPS) is 14.2. The van der Waals surface area contributed by atoms with Gasteiger partial charge < -0.3 is 19.7 Å². The quantitative estimate of drug-likeness (QED) is 0.529. The van der Waals surface area contributed by atoms with Crippen molar-refractivity contribution in [2.45, 2.75) is 40.3 Å². The fourth-order valence-corrected chi connectivity index (χ4v) is 3.65. The maximum Gasteiger partial charge on any atom is 0.338 e. The fourth-order valence-electron chi connectivity index (χ4n) is 3.65. The van der Waals surface area contributed by atoms with Crippen LogP contribution in [0.15, 0.2) is 42.2 Å². The number of aliphatic hydroxyl groups is 1. The molecule has 0 spiro atoms. The van der Waals surface area contributed by atoms with Crippen LogP contribution in [0.4, 0.5) is 0 Å². The van der Waals surface area contributed by atoms with E-state index < -0.39 is 0 Å². The smallest absolute Gasteiger partial charge is 0.338 e. The second-order valence-corrected chi connectivity index (χ2v) is 8.22. The topological polar surface area (TPSA) is 102 Å². The van der Waals surface area contributed by atoms with Crippen molar-refractivity contribution in [3.63, 3.8) is 0 Å². The van der Waals surface area contributed by atoms with Crippen molar-refractivity contribution in [3.05, 3.63) is 70.2 Å². The monoisotopic (exact) mass is 418 g/mol. The number of aromatic nitrogens is 2. The molecular weight excluding hydrogens is 392 g/mol. The summed E-state index contributed by atoms with van der Waals surface area (Å²) in [6.45, 7) is 8.37. The lowest BCUT2D eigenvalue weighted by atomic mass is 10.1. The number of carbonyl (C=O) groups excluding carboxylic acids is 1. The number of hydrogen-bond acceptors (Lipinski definition) is 5. The predicted octanol–water partition coefficient (Wildman–Crippen LogP) is 4.51. The molecule has 31 heavy (non-hydrogen) atoms. The van der Waals surface area contributed by atoms with Crippen molar-refractivity contribution in [2.24, 2.45) is 0 Å². The molecule has 0 radical (unpaired) electrons. The van der Waals surface area contributed by atoms with E-state index in [2.05, 4.69) is 9.97 Å². The molecule has 3 aromatic rings. The third-order valence-corrected chi connectivity index (χ3v) is 5.42. The molecule has 1 aromatic heterocycles. The van der Waals surface area contributed by atoms with Crippen LogP contribution in [0.3, 0.4) is 0 Å². The molecule has 3 N–H and O–H groups in total. The van der Waals surface area contributed by atoms with Crippen LogP contribution in [-0.4, -0.2) is 44.4 Å². The van der Waals surface area contributed by atoms with Gasteiger partial charge in [-0.25, -0.2) is 9.78 Å². The summed E-state index contributed by atoms with van der Waals surface area (Å²) in [4.78, 5) is 21.6. The summed E-state index contributed by atoms with van der Waals surface area (Å²) in [7, 11) is 0. The van der Waals surface area contributed by atoms with Crippen LogP contribution in [0.2, 0.25) is 0 Å². The number of H-pyrrole nitrogens is 1. The third-order valence-electron chi connectivity index (χ3n) is 5.42. The van der Waals surface area contributed by atoms with E-state index in [0.29, 0.717) is 23.5 Å². The molecule has 0 saturated heterocycles. The van der Waals surface area contributed by atoms with Gasteiger partial charge in [-0.3, -0.25) is 5.41 Å². The lowest BCUT2D eigenvalue weighted by molar-refractivity contribution is 0.0378. The van der Waals surface area contributed by atoms with E-state index in [1.807, 2.05) is 52.0 Å². The average molecular weight is 418 g/mol. The standard InChI is InChI=1S/C24H26N4O3/c1-13(2)31-24(30)17-7-5-16(6-8-17)11-28-12-20(29)21(22(28)25)23-26-18-9-14(3)15(4)10-19(18)27-23/h5-10,13,25,29H,11-12H2,1-4H3,(H,26,27). The Labute approximate surface area is 180 Å². The number of rotatable bonds is 5. The molecule has 160 valence electrons. The molecule has 7 nitrogen and oxygen atoms in total. The first-order valence-electron chi connectivity index (χ1n) is 10.3. The summed E-state index contributed by atoms with van der Waals surface area (Å²) in [6, 6.07) is 11.2. The molecule has 4 rings (SSSR count). The molecule has 0 aliphatic carbocycles. The zero-order valence-corrected chi connectivity index (χ0v) is 18.1. The summed E-state index contributed by atoms with van der Waals surface area (Å²) in [5.41, 5.74) is 5.84. The summed E-state index contributed by atoms with van der Waals surface area (Å²) >= 11 is 0. The van der Waals surface area contributed by atoms with E-state index in [1.165, 1.54) is 0 Å². The van der Waals surface area contributed by atoms with E-state index in [1.54, 1.807) is 17.0 Å². The molecule has 7 heteroatoms. The summed E-state index contributed by atoms with van der Waals surface area (Å²) in [6.07, 6.45) is -0.171. The SMILES string of the molecule is Cc1cc2nc(C3=C(O)CN(Cc4ccc(C(=O)OC(C)C)cc4)C3=N)[nH]c2cc1C. The minimum Gasteiger partial charge on any atom is -0.510 e. The van der Waals surface area contributed by atoms with Gasteiger partial charge in [0.1, 0.15) is 17.4 Å². The van der Waals surface area contributed by atoms with Gasteiger partial charge in [-0.05, 0) is 68.7 Å². The Morgan fingerprint density at radius 2 is 1.90 bits per heavy atom. The Morgan fingerprint density at radius 3 is 2.58 bits per heavy atom.